The molecule has 5 atom stereocenters. The van der Waals surface area contributed by atoms with Crippen LogP contribution in [0.2, 0.25) is 0 Å². The lowest BCUT2D eigenvalue weighted by Crippen LogP contribution is -2.59. The summed E-state index contributed by atoms with van der Waals surface area (Å²) in [6.07, 6.45) is -0.251. The molecule has 1 saturated heterocycles. The first kappa shape index (κ1) is 26.8. The standard InChI is InChI=1S/C31H31NO7/c33-32(34)28-29(26-16-17-35-21-26)39-27(22-36-18-23-10-4-1-5-11-23)30(37-19-24-12-6-2-7-13-24)31(28)38-20-25-14-8-3-9-15-25/h1-17,21,27-31H,18-20,22H2/t27-,28+,29+,30-,31-/m1/s1. The highest BCUT2D eigenvalue weighted by atomic mass is 16.7. The van der Waals surface area contributed by atoms with Gasteiger partial charge in [0.2, 0.25) is 0 Å². The van der Waals surface area contributed by atoms with Crippen molar-refractivity contribution in [2.24, 2.45) is 0 Å². The zero-order chi connectivity index (χ0) is 26.9. The molecule has 1 aliphatic rings. The Labute approximate surface area is 227 Å². The van der Waals surface area contributed by atoms with Crippen LogP contribution in [0.1, 0.15) is 28.4 Å². The van der Waals surface area contributed by atoms with Crippen molar-refractivity contribution >= 4 is 0 Å². The zero-order valence-electron chi connectivity index (χ0n) is 21.4. The summed E-state index contributed by atoms with van der Waals surface area (Å²) in [6.45, 7) is 0.974. The first-order chi connectivity index (χ1) is 19.2. The fraction of sp³-hybridized carbons (Fsp3) is 0.290. The van der Waals surface area contributed by atoms with E-state index in [1.807, 2.05) is 91.0 Å². The lowest BCUT2D eigenvalue weighted by molar-refractivity contribution is -0.563. The Morgan fingerprint density at radius 2 is 1.26 bits per heavy atom. The number of nitro groups is 1. The second kappa shape index (κ2) is 13.3. The van der Waals surface area contributed by atoms with Gasteiger partial charge in [-0.2, -0.15) is 0 Å². The Kier molecular flexibility index (Phi) is 9.13. The van der Waals surface area contributed by atoms with Gasteiger partial charge < -0.3 is 23.4 Å². The van der Waals surface area contributed by atoms with Crippen LogP contribution < -0.4 is 0 Å². The second-order valence-corrected chi connectivity index (χ2v) is 9.45. The molecule has 8 heteroatoms. The molecule has 2 heterocycles. The van der Waals surface area contributed by atoms with Crippen LogP contribution in [0.25, 0.3) is 0 Å². The van der Waals surface area contributed by atoms with Gasteiger partial charge in [0.05, 0.1) is 39.0 Å². The fourth-order valence-electron chi connectivity index (χ4n) is 4.80. The largest absolute Gasteiger partial charge is 0.472 e. The Bertz CT molecular complexity index is 1270. The minimum atomic E-state index is -1.22. The highest BCUT2D eigenvalue weighted by molar-refractivity contribution is 5.18. The molecular weight excluding hydrogens is 498 g/mol. The van der Waals surface area contributed by atoms with Gasteiger partial charge in [0.25, 0.3) is 6.04 Å². The van der Waals surface area contributed by atoms with E-state index in [4.69, 9.17) is 23.4 Å². The molecule has 0 N–H and O–H groups in total. The predicted octanol–water partition coefficient (Wildman–Crippen LogP) is 5.75. The van der Waals surface area contributed by atoms with Gasteiger partial charge >= 0.3 is 0 Å². The fourth-order valence-corrected chi connectivity index (χ4v) is 4.80. The Hall–Kier alpha value is -3.82. The highest BCUT2D eigenvalue weighted by Gasteiger charge is 2.54. The summed E-state index contributed by atoms with van der Waals surface area (Å²) < 4.78 is 30.4. The topological polar surface area (TPSA) is 93.2 Å². The van der Waals surface area contributed by atoms with Crippen molar-refractivity contribution in [3.05, 3.63) is 142 Å². The number of nitrogens with zero attached hydrogens (tertiary/aromatic N) is 1. The van der Waals surface area contributed by atoms with Gasteiger partial charge in [0, 0.05) is 10.5 Å². The summed E-state index contributed by atoms with van der Waals surface area (Å²) in [5, 5.41) is 12.5. The van der Waals surface area contributed by atoms with Crippen molar-refractivity contribution in [2.75, 3.05) is 6.61 Å². The van der Waals surface area contributed by atoms with Crippen molar-refractivity contribution in [3.8, 4) is 0 Å². The normalized spacial score (nSPS) is 22.9. The van der Waals surface area contributed by atoms with E-state index in [-0.39, 0.29) is 24.7 Å². The Morgan fingerprint density at radius 1 is 0.718 bits per heavy atom. The summed E-state index contributed by atoms with van der Waals surface area (Å²) >= 11 is 0. The van der Waals surface area contributed by atoms with E-state index in [9.17, 15) is 10.1 Å². The number of hydrogen-bond donors (Lipinski definition) is 0. The predicted molar refractivity (Wildman–Crippen MR) is 143 cm³/mol. The molecule has 0 unspecified atom stereocenters. The molecule has 8 nitrogen and oxygen atoms in total. The van der Waals surface area contributed by atoms with Crippen molar-refractivity contribution in [2.45, 2.75) is 50.3 Å². The van der Waals surface area contributed by atoms with Gasteiger partial charge in [-0.25, -0.2) is 0 Å². The van der Waals surface area contributed by atoms with Crippen LogP contribution in [-0.4, -0.2) is 35.9 Å². The van der Waals surface area contributed by atoms with Crippen LogP contribution in [0, 0.1) is 10.1 Å². The van der Waals surface area contributed by atoms with E-state index < -0.39 is 30.5 Å². The molecule has 0 bridgehead atoms. The van der Waals surface area contributed by atoms with E-state index >= 15 is 0 Å². The molecule has 1 fully saturated rings. The van der Waals surface area contributed by atoms with Crippen molar-refractivity contribution in [3.63, 3.8) is 0 Å². The third-order valence-electron chi connectivity index (χ3n) is 6.74. The minimum absolute atomic E-state index is 0.165. The summed E-state index contributed by atoms with van der Waals surface area (Å²) in [6, 6.07) is 29.5. The SMILES string of the molecule is O=[N+]([O-])[C@@H]1[C@@H](OCc2ccccc2)[C@H](OCc2ccccc2)[C@@H](COCc2ccccc2)O[C@H]1c1ccoc1. The molecule has 0 spiro atoms. The average Bonchev–Trinajstić information content (AvgIpc) is 3.52. The number of benzene rings is 3. The zero-order valence-corrected chi connectivity index (χ0v) is 21.4. The Morgan fingerprint density at radius 3 is 1.77 bits per heavy atom. The molecule has 1 aromatic heterocycles. The van der Waals surface area contributed by atoms with Crippen LogP contribution in [0.5, 0.6) is 0 Å². The Balaban J connectivity index is 1.43. The number of ether oxygens (including phenoxy) is 4. The maximum absolute atomic E-state index is 12.5. The third-order valence-corrected chi connectivity index (χ3v) is 6.74. The van der Waals surface area contributed by atoms with Crippen LogP contribution >= 0.6 is 0 Å². The third kappa shape index (κ3) is 6.99. The summed E-state index contributed by atoms with van der Waals surface area (Å²) in [4.78, 5) is 12.2. The molecule has 1 aliphatic heterocycles. The molecular formula is C31H31NO7. The van der Waals surface area contributed by atoms with Crippen molar-refractivity contribution in [1.82, 2.24) is 0 Å². The number of rotatable bonds is 12. The van der Waals surface area contributed by atoms with Crippen LogP contribution in [0.15, 0.2) is 114 Å². The second-order valence-electron chi connectivity index (χ2n) is 9.45. The maximum Gasteiger partial charge on any atom is 0.271 e. The molecule has 4 aromatic rings. The average molecular weight is 530 g/mol. The van der Waals surface area contributed by atoms with Crippen LogP contribution in [0.4, 0.5) is 0 Å². The quantitative estimate of drug-likeness (QED) is 0.170. The van der Waals surface area contributed by atoms with E-state index in [0.29, 0.717) is 12.2 Å². The molecule has 0 amide bonds. The molecule has 0 saturated carbocycles. The number of hydrogen-bond acceptors (Lipinski definition) is 7. The van der Waals surface area contributed by atoms with E-state index in [0.717, 1.165) is 16.7 Å². The van der Waals surface area contributed by atoms with E-state index in [2.05, 4.69) is 0 Å². The highest BCUT2D eigenvalue weighted by Crippen LogP contribution is 2.38. The molecule has 39 heavy (non-hydrogen) atoms. The molecule has 5 rings (SSSR count). The molecule has 3 aromatic carbocycles. The van der Waals surface area contributed by atoms with Gasteiger partial charge in [-0.3, -0.25) is 10.1 Å². The van der Waals surface area contributed by atoms with Gasteiger partial charge in [-0.1, -0.05) is 91.0 Å². The first-order valence-electron chi connectivity index (χ1n) is 12.9. The molecule has 0 radical (unpaired) electrons. The monoisotopic (exact) mass is 529 g/mol. The summed E-state index contributed by atoms with van der Waals surface area (Å²) in [5.41, 5.74) is 3.43. The molecule has 0 aliphatic carbocycles. The number of furan rings is 1. The molecule has 202 valence electrons. The smallest absolute Gasteiger partial charge is 0.271 e. The van der Waals surface area contributed by atoms with E-state index in [1.54, 1.807) is 6.07 Å². The lowest BCUT2D eigenvalue weighted by Gasteiger charge is -2.42. The summed E-state index contributed by atoms with van der Waals surface area (Å²) in [5.74, 6) is 0. The van der Waals surface area contributed by atoms with E-state index in [1.165, 1.54) is 12.5 Å². The van der Waals surface area contributed by atoms with Gasteiger partial charge in [0.15, 0.2) is 12.2 Å². The van der Waals surface area contributed by atoms with Crippen molar-refractivity contribution in [1.29, 1.82) is 0 Å². The first-order valence-corrected chi connectivity index (χ1v) is 12.9. The minimum Gasteiger partial charge on any atom is -0.472 e. The summed E-state index contributed by atoms with van der Waals surface area (Å²) in [7, 11) is 0. The van der Waals surface area contributed by atoms with Crippen molar-refractivity contribution < 1.29 is 28.3 Å². The van der Waals surface area contributed by atoms with Gasteiger partial charge in [-0.15, -0.1) is 0 Å². The van der Waals surface area contributed by atoms with Gasteiger partial charge in [0.1, 0.15) is 12.2 Å². The van der Waals surface area contributed by atoms with Crippen LogP contribution in [0.3, 0.4) is 0 Å². The lowest BCUT2D eigenvalue weighted by atomic mass is 9.90. The van der Waals surface area contributed by atoms with Gasteiger partial charge in [-0.05, 0) is 22.8 Å². The van der Waals surface area contributed by atoms with Crippen LogP contribution in [-0.2, 0) is 38.8 Å². The maximum atomic E-state index is 12.5.